The number of benzene rings is 8. The summed E-state index contributed by atoms with van der Waals surface area (Å²) >= 11 is 0. The molecule has 1 aliphatic carbocycles. The number of hydrogen-bond acceptors (Lipinski definition) is 4. The van der Waals surface area contributed by atoms with E-state index in [2.05, 4.69) is 224 Å². The highest BCUT2D eigenvalue weighted by Gasteiger charge is 2.37. The van der Waals surface area contributed by atoms with E-state index in [1.54, 1.807) is 0 Å². The van der Waals surface area contributed by atoms with Crippen LogP contribution in [-0.2, 0) is 5.41 Å². The summed E-state index contributed by atoms with van der Waals surface area (Å²) in [5.74, 6) is 1.85. The molecule has 0 bridgehead atoms. The van der Waals surface area contributed by atoms with Gasteiger partial charge in [0.1, 0.15) is 0 Å². The van der Waals surface area contributed by atoms with Gasteiger partial charge in [0, 0.05) is 44.3 Å². The van der Waals surface area contributed by atoms with Gasteiger partial charge in [-0.05, 0) is 70.3 Å². The van der Waals surface area contributed by atoms with Gasteiger partial charge < -0.3 is 4.90 Å². The van der Waals surface area contributed by atoms with Crippen molar-refractivity contribution in [3.8, 4) is 51.0 Å². The Balaban J connectivity index is 1.09. The molecule has 0 radical (unpaired) electrons. The number of anilines is 3. The molecule has 280 valence electrons. The van der Waals surface area contributed by atoms with Crippen molar-refractivity contribution in [3.63, 3.8) is 0 Å². The minimum absolute atomic E-state index is 0.157. The first-order valence-electron chi connectivity index (χ1n) is 20.1. The maximum atomic E-state index is 5.36. The Labute approximate surface area is 343 Å². The predicted octanol–water partition coefficient (Wildman–Crippen LogP) is 13.7. The first-order valence-corrected chi connectivity index (χ1v) is 20.1. The highest BCUT2D eigenvalue weighted by Crippen LogP contribution is 2.52. The van der Waals surface area contributed by atoms with Crippen LogP contribution in [0.4, 0.5) is 17.1 Å². The summed E-state index contributed by atoms with van der Waals surface area (Å²) in [6.07, 6.45) is 0. The third-order valence-corrected chi connectivity index (χ3v) is 11.9. The fraction of sp³-hybridized carbons (Fsp3) is 0.0556. The van der Waals surface area contributed by atoms with Crippen molar-refractivity contribution in [2.75, 3.05) is 4.90 Å². The van der Waals surface area contributed by atoms with Gasteiger partial charge in [-0.2, -0.15) is 9.97 Å². The van der Waals surface area contributed by atoms with Crippen LogP contribution in [0.1, 0.15) is 25.0 Å². The van der Waals surface area contributed by atoms with E-state index in [4.69, 9.17) is 15.0 Å². The summed E-state index contributed by atoms with van der Waals surface area (Å²) in [5.41, 5.74) is 14.4. The molecule has 0 fully saturated rings. The van der Waals surface area contributed by atoms with Crippen LogP contribution in [0.25, 0.3) is 72.8 Å². The minimum atomic E-state index is -0.157. The molecule has 0 unspecified atom stereocenters. The van der Waals surface area contributed by atoms with Crippen molar-refractivity contribution >= 4 is 38.9 Å². The van der Waals surface area contributed by atoms with Crippen LogP contribution >= 0.6 is 0 Å². The lowest BCUT2D eigenvalue weighted by atomic mass is 9.82. The molecule has 0 amide bonds. The van der Waals surface area contributed by atoms with Crippen LogP contribution in [-0.4, -0.2) is 19.5 Å². The summed E-state index contributed by atoms with van der Waals surface area (Å²) in [7, 11) is 0. The van der Waals surface area contributed by atoms with Gasteiger partial charge in [0.25, 0.3) is 0 Å². The summed E-state index contributed by atoms with van der Waals surface area (Å²) < 4.78 is 2.19. The number of rotatable bonds is 7. The Hall–Kier alpha value is -7.63. The Morgan fingerprint density at radius 1 is 0.407 bits per heavy atom. The molecule has 59 heavy (non-hydrogen) atoms. The standard InChI is InChI=1S/C54H39N5/c1-54(2)45-27-13-9-25-43(45)50-44(26-17-28-46(50)54)52-55-51(56-53(57-52)59-48-30-15-11-23-41(48)42-24-12-16-31-49(42)59)37-34-32-36(33-35-37)40-22-10-14-29-47(40)58(38-18-5-3-6-19-38)39-20-7-4-8-21-39/h3-35H,1-2H3. The third kappa shape index (κ3) is 5.65. The molecule has 2 aromatic heterocycles. The van der Waals surface area contributed by atoms with Gasteiger partial charge in [-0.3, -0.25) is 4.57 Å². The van der Waals surface area contributed by atoms with E-state index in [1.807, 2.05) is 0 Å². The van der Waals surface area contributed by atoms with Crippen molar-refractivity contribution in [2.24, 2.45) is 0 Å². The van der Waals surface area contributed by atoms with Crippen LogP contribution < -0.4 is 4.90 Å². The monoisotopic (exact) mass is 757 g/mol. The van der Waals surface area contributed by atoms with Crippen molar-refractivity contribution in [2.45, 2.75) is 19.3 Å². The average molecular weight is 758 g/mol. The third-order valence-electron chi connectivity index (χ3n) is 11.9. The highest BCUT2D eigenvalue weighted by molar-refractivity contribution is 6.09. The van der Waals surface area contributed by atoms with E-state index in [9.17, 15) is 0 Å². The van der Waals surface area contributed by atoms with Crippen LogP contribution in [0.15, 0.2) is 200 Å². The van der Waals surface area contributed by atoms with Crippen molar-refractivity contribution in [1.82, 2.24) is 19.5 Å². The molecule has 0 atom stereocenters. The molecule has 0 saturated heterocycles. The van der Waals surface area contributed by atoms with Crippen molar-refractivity contribution in [1.29, 1.82) is 0 Å². The minimum Gasteiger partial charge on any atom is -0.310 e. The summed E-state index contributed by atoms with van der Waals surface area (Å²) in [4.78, 5) is 18.3. The van der Waals surface area contributed by atoms with E-state index in [1.165, 1.54) is 22.3 Å². The normalized spacial score (nSPS) is 12.7. The van der Waals surface area contributed by atoms with Gasteiger partial charge in [-0.15, -0.1) is 0 Å². The Bertz CT molecular complexity index is 3090. The summed E-state index contributed by atoms with van der Waals surface area (Å²) in [5, 5.41) is 2.32. The second-order valence-corrected chi connectivity index (χ2v) is 15.7. The molecule has 0 spiro atoms. The van der Waals surface area contributed by atoms with Gasteiger partial charge in [0.2, 0.25) is 5.95 Å². The fourth-order valence-corrected chi connectivity index (χ4v) is 9.09. The topological polar surface area (TPSA) is 46.8 Å². The van der Waals surface area contributed by atoms with Crippen LogP contribution in [0, 0.1) is 0 Å². The van der Waals surface area contributed by atoms with Gasteiger partial charge >= 0.3 is 0 Å². The Morgan fingerprint density at radius 2 is 0.915 bits per heavy atom. The fourth-order valence-electron chi connectivity index (χ4n) is 9.09. The molecular weight excluding hydrogens is 719 g/mol. The Kier molecular flexibility index (Phi) is 8.09. The van der Waals surface area contributed by atoms with E-state index in [-0.39, 0.29) is 5.41 Å². The molecule has 0 saturated carbocycles. The number of nitrogens with zero attached hydrogens (tertiary/aromatic N) is 5. The second kappa shape index (κ2) is 13.8. The molecule has 0 aliphatic heterocycles. The number of hydrogen-bond donors (Lipinski definition) is 0. The Morgan fingerprint density at radius 3 is 1.59 bits per heavy atom. The van der Waals surface area contributed by atoms with Crippen LogP contribution in [0.3, 0.4) is 0 Å². The maximum absolute atomic E-state index is 5.36. The molecule has 8 aromatic carbocycles. The van der Waals surface area contributed by atoms with Gasteiger partial charge in [0.05, 0.1) is 16.7 Å². The van der Waals surface area contributed by atoms with Crippen LogP contribution in [0.5, 0.6) is 0 Å². The van der Waals surface area contributed by atoms with E-state index < -0.39 is 0 Å². The zero-order valence-electron chi connectivity index (χ0n) is 32.8. The van der Waals surface area contributed by atoms with Gasteiger partial charge in [0.15, 0.2) is 11.6 Å². The van der Waals surface area contributed by atoms with Crippen LogP contribution in [0.2, 0.25) is 0 Å². The van der Waals surface area contributed by atoms with Crippen molar-refractivity contribution < 1.29 is 0 Å². The summed E-state index contributed by atoms with van der Waals surface area (Å²) in [6, 6.07) is 70.6. The van der Waals surface area contributed by atoms with E-state index >= 15 is 0 Å². The lowest BCUT2D eigenvalue weighted by Gasteiger charge is -2.27. The zero-order valence-corrected chi connectivity index (χ0v) is 32.8. The second-order valence-electron chi connectivity index (χ2n) is 15.7. The predicted molar refractivity (Wildman–Crippen MR) is 243 cm³/mol. The average Bonchev–Trinajstić information content (AvgIpc) is 3.76. The molecule has 11 rings (SSSR count). The first-order chi connectivity index (χ1) is 29.0. The molecule has 5 nitrogen and oxygen atoms in total. The SMILES string of the molecule is CC1(C)c2ccccc2-c2c(-c3nc(-c4ccc(-c5ccccc5N(c5ccccc5)c5ccccc5)cc4)nc(-n4c5ccccc5c5ccccc54)n3)cccc21. The molecule has 5 heteroatoms. The molecule has 10 aromatic rings. The molecule has 1 aliphatic rings. The smallest absolute Gasteiger partial charge is 0.238 e. The first kappa shape index (κ1) is 34.6. The van der Waals surface area contributed by atoms with E-state index in [0.717, 1.165) is 61.1 Å². The lowest BCUT2D eigenvalue weighted by molar-refractivity contribution is 0.660. The van der Waals surface area contributed by atoms with Crippen molar-refractivity contribution in [3.05, 3.63) is 211 Å². The molecule has 2 heterocycles. The largest absolute Gasteiger partial charge is 0.310 e. The number of aromatic nitrogens is 4. The van der Waals surface area contributed by atoms with Gasteiger partial charge in [-0.25, -0.2) is 4.98 Å². The molecular formula is C54H39N5. The quantitative estimate of drug-likeness (QED) is 0.162. The van der Waals surface area contributed by atoms with Gasteiger partial charge in [-0.1, -0.05) is 172 Å². The zero-order chi connectivity index (χ0) is 39.5. The maximum Gasteiger partial charge on any atom is 0.238 e. The lowest BCUT2D eigenvalue weighted by Crippen LogP contribution is -2.14. The number of para-hydroxylation sites is 5. The molecule has 0 N–H and O–H groups in total. The highest BCUT2D eigenvalue weighted by atomic mass is 15.2. The van der Waals surface area contributed by atoms with E-state index in [0.29, 0.717) is 17.6 Å². The summed E-state index contributed by atoms with van der Waals surface area (Å²) in [6.45, 7) is 4.62. The number of fused-ring (bicyclic) bond motifs is 6.